The van der Waals surface area contributed by atoms with Crippen molar-refractivity contribution < 1.29 is 0 Å². The Morgan fingerprint density at radius 3 is 2.50 bits per heavy atom. The Kier molecular flexibility index (Phi) is 3.97. The van der Waals surface area contributed by atoms with Crippen LogP contribution in [0.15, 0.2) is 0 Å². The van der Waals surface area contributed by atoms with E-state index in [1.807, 2.05) is 0 Å². The average molecular weight is 267 g/mol. The molecule has 0 atom stereocenters. The topological polar surface area (TPSA) is 42.2 Å². The van der Waals surface area contributed by atoms with E-state index in [0.717, 1.165) is 10.8 Å². The summed E-state index contributed by atoms with van der Waals surface area (Å²) in [5, 5.41) is 1.14. The van der Waals surface area contributed by atoms with E-state index >= 15 is 0 Å². The van der Waals surface area contributed by atoms with Gasteiger partial charge >= 0.3 is 0 Å². The molecule has 4 heteroatoms. The average Bonchev–Trinajstić information content (AvgIpc) is 2.69. The first-order valence-electron chi connectivity index (χ1n) is 6.82. The lowest BCUT2D eigenvalue weighted by Gasteiger charge is -2.38. The van der Waals surface area contributed by atoms with Gasteiger partial charge in [0.05, 0.1) is 5.69 Å². The van der Waals surface area contributed by atoms with E-state index < -0.39 is 0 Å². The van der Waals surface area contributed by atoms with Gasteiger partial charge in [0, 0.05) is 24.5 Å². The molecular weight excluding hydrogens is 242 g/mol. The third-order valence-corrected chi connectivity index (χ3v) is 5.50. The van der Waals surface area contributed by atoms with Crippen LogP contribution in [0, 0.1) is 12.3 Å². The third-order valence-electron chi connectivity index (χ3n) is 4.22. The molecule has 2 N–H and O–H groups in total. The Labute approximate surface area is 114 Å². The molecule has 1 aliphatic rings. The van der Waals surface area contributed by atoms with Gasteiger partial charge in [0.15, 0.2) is 5.13 Å². The van der Waals surface area contributed by atoms with Crippen LogP contribution >= 0.6 is 11.3 Å². The van der Waals surface area contributed by atoms with Crippen molar-refractivity contribution in [2.45, 2.75) is 59.0 Å². The quantitative estimate of drug-likeness (QED) is 0.913. The van der Waals surface area contributed by atoms with Gasteiger partial charge in [-0.2, -0.15) is 0 Å². The Bertz CT molecular complexity index is 401. The summed E-state index contributed by atoms with van der Waals surface area (Å²) in [5.41, 5.74) is 7.35. The maximum absolute atomic E-state index is 5.73. The molecule has 0 radical (unpaired) electrons. The van der Waals surface area contributed by atoms with Crippen molar-refractivity contribution in [3.8, 4) is 0 Å². The Hall–Kier alpha value is -0.610. The van der Waals surface area contributed by atoms with Gasteiger partial charge in [-0.1, -0.05) is 13.8 Å². The minimum absolute atomic E-state index is 0.526. The minimum atomic E-state index is 0.526. The number of anilines is 1. The lowest BCUT2D eigenvalue weighted by molar-refractivity contribution is 0.222. The Morgan fingerprint density at radius 1 is 1.39 bits per heavy atom. The second kappa shape index (κ2) is 5.17. The van der Waals surface area contributed by atoms with Gasteiger partial charge in [-0.3, -0.25) is 0 Å². The summed E-state index contributed by atoms with van der Waals surface area (Å²) in [7, 11) is 2.18. The predicted molar refractivity (Wildman–Crippen MR) is 79.2 cm³/mol. The molecule has 102 valence electrons. The number of hydrogen-bond donors (Lipinski definition) is 1. The van der Waals surface area contributed by atoms with Crippen LogP contribution < -0.4 is 10.6 Å². The summed E-state index contributed by atoms with van der Waals surface area (Å²) in [6, 6.07) is 0.647. The van der Waals surface area contributed by atoms with Gasteiger partial charge in [-0.15, -0.1) is 11.3 Å². The van der Waals surface area contributed by atoms with Crippen LogP contribution in [-0.4, -0.2) is 18.1 Å². The molecule has 0 spiro atoms. The number of thiazole rings is 1. The van der Waals surface area contributed by atoms with Gasteiger partial charge in [0.1, 0.15) is 0 Å². The van der Waals surface area contributed by atoms with E-state index in [2.05, 4.69) is 37.7 Å². The van der Waals surface area contributed by atoms with E-state index in [1.54, 1.807) is 11.3 Å². The number of rotatable bonds is 3. The summed E-state index contributed by atoms with van der Waals surface area (Å²) < 4.78 is 0. The zero-order valence-electron chi connectivity index (χ0n) is 12.0. The number of hydrogen-bond acceptors (Lipinski definition) is 4. The maximum Gasteiger partial charge on any atom is 0.185 e. The van der Waals surface area contributed by atoms with E-state index in [0.29, 0.717) is 18.0 Å². The third kappa shape index (κ3) is 2.86. The van der Waals surface area contributed by atoms with Gasteiger partial charge in [-0.25, -0.2) is 4.98 Å². The molecule has 18 heavy (non-hydrogen) atoms. The largest absolute Gasteiger partial charge is 0.348 e. The highest BCUT2D eigenvalue weighted by Gasteiger charge is 2.29. The van der Waals surface area contributed by atoms with Crippen molar-refractivity contribution in [2.24, 2.45) is 11.1 Å². The van der Waals surface area contributed by atoms with E-state index in [4.69, 9.17) is 5.73 Å². The normalized spacial score (nSPS) is 20.1. The van der Waals surface area contributed by atoms with E-state index in [-0.39, 0.29) is 0 Å². The lowest BCUT2D eigenvalue weighted by atomic mass is 9.75. The van der Waals surface area contributed by atoms with Crippen LogP contribution in [0.3, 0.4) is 0 Å². The van der Waals surface area contributed by atoms with Gasteiger partial charge < -0.3 is 10.6 Å². The van der Waals surface area contributed by atoms with Crippen molar-refractivity contribution in [2.75, 3.05) is 11.9 Å². The summed E-state index contributed by atoms with van der Waals surface area (Å²) in [6.45, 7) is 7.42. The van der Waals surface area contributed by atoms with Gasteiger partial charge in [0.2, 0.25) is 0 Å². The first-order valence-corrected chi connectivity index (χ1v) is 7.64. The van der Waals surface area contributed by atoms with Crippen molar-refractivity contribution in [3.05, 3.63) is 10.6 Å². The standard InChI is InChI=1S/C14H25N3S/c1-10-12(9-15)18-13(16-10)17(4)11-5-7-14(2,3)8-6-11/h11H,5-9,15H2,1-4H3. The first kappa shape index (κ1) is 13.8. The number of nitrogens with zero attached hydrogens (tertiary/aromatic N) is 2. The smallest absolute Gasteiger partial charge is 0.185 e. The fourth-order valence-electron chi connectivity index (χ4n) is 2.68. The molecule has 1 aromatic heterocycles. The van der Waals surface area contributed by atoms with Crippen LogP contribution in [-0.2, 0) is 6.54 Å². The maximum atomic E-state index is 5.73. The van der Waals surface area contributed by atoms with Gasteiger partial charge in [0.25, 0.3) is 0 Å². The number of nitrogens with two attached hydrogens (primary N) is 1. The molecule has 1 aromatic rings. The predicted octanol–water partition coefficient (Wildman–Crippen LogP) is 3.32. The molecule has 1 aliphatic carbocycles. The monoisotopic (exact) mass is 267 g/mol. The lowest BCUT2D eigenvalue weighted by Crippen LogP contribution is -2.37. The molecule has 0 aromatic carbocycles. The highest BCUT2D eigenvalue weighted by molar-refractivity contribution is 7.15. The SMILES string of the molecule is Cc1nc(N(C)C2CCC(C)(C)CC2)sc1CN. The highest BCUT2D eigenvalue weighted by atomic mass is 32.1. The summed E-state index contributed by atoms with van der Waals surface area (Å²) in [4.78, 5) is 8.24. The van der Waals surface area contributed by atoms with Crippen LogP contribution in [0.4, 0.5) is 5.13 Å². The molecule has 0 unspecified atom stereocenters. The summed E-state index contributed by atoms with van der Waals surface area (Å²) in [5.74, 6) is 0. The molecule has 0 aliphatic heterocycles. The summed E-state index contributed by atoms with van der Waals surface area (Å²) >= 11 is 1.75. The van der Waals surface area contributed by atoms with Crippen molar-refractivity contribution in [1.82, 2.24) is 4.98 Å². The number of aryl methyl sites for hydroxylation is 1. The summed E-state index contributed by atoms with van der Waals surface area (Å²) in [6.07, 6.45) is 5.19. The molecule has 0 bridgehead atoms. The first-order chi connectivity index (χ1) is 8.43. The molecule has 1 heterocycles. The van der Waals surface area contributed by atoms with Crippen LogP contribution in [0.1, 0.15) is 50.1 Å². The zero-order valence-corrected chi connectivity index (χ0v) is 12.8. The minimum Gasteiger partial charge on any atom is -0.348 e. The Balaban J connectivity index is 2.05. The Morgan fingerprint density at radius 2 is 2.00 bits per heavy atom. The van der Waals surface area contributed by atoms with E-state index in [9.17, 15) is 0 Å². The fourth-order valence-corrected chi connectivity index (χ4v) is 3.65. The van der Waals surface area contributed by atoms with Gasteiger partial charge in [-0.05, 0) is 38.0 Å². The van der Waals surface area contributed by atoms with Crippen LogP contribution in [0.2, 0.25) is 0 Å². The second-order valence-corrected chi connectivity index (χ2v) is 7.28. The zero-order chi connectivity index (χ0) is 13.3. The molecule has 1 saturated carbocycles. The fraction of sp³-hybridized carbons (Fsp3) is 0.786. The molecule has 3 nitrogen and oxygen atoms in total. The highest BCUT2D eigenvalue weighted by Crippen LogP contribution is 2.38. The molecule has 2 rings (SSSR count). The van der Waals surface area contributed by atoms with Crippen molar-refractivity contribution in [1.29, 1.82) is 0 Å². The van der Waals surface area contributed by atoms with E-state index in [1.165, 1.54) is 30.6 Å². The van der Waals surface area contributed by atoms with Crippen molar-refractivity contribution in [3.63, 3.8) is 0 Å². The molecule has 1 fully saturated rings. The number of aromatic nitrogens is 1. The van der Waals surface area contributed by atoms with Crippen LogP contribution in [0.25, 0.3) is 0 Å². The molecular formula is C14H25N3S. The molecule has 0 amide bonds. The van der Waals surface area contributed by atoms with Crippen LogP contribution in [0.5, 0.6) is 0 Å². The molecule has 0 saturated heterocycles. The van der Waals surface area contributed by atoms with Crippen molar-refractivity contribution >= 4 is 16.5 Å². The second-order valence-electron chi connectivity index (χ2n) is 6.22.